The molecule has 1 aliphatic heterocycles. The van der Waals surface area contributed by atoms with E-state index in [0.29, 0.717) is 17.2 Å². The normalized spacial score (nSPS) is 27.0. The zero-order valence-corrected chi connectivity index (χ0v) is 14.8. The average molecular weight is 366 g/mol. The fourth-order valence-electron chi connectivity index (χ4n) is 4.54. The monoisotopic (exact) mass is 366 g/mol. The summed E-state index contributed by atoms with van der Waals surface area (Å²) in [6.07, 6.45) is 2.91. The predicted octanol–water partition coefficient (Wildman–Crippen LogP) is 4.33. The van der Waals surface area contributed by atoms with Gasteiger partial charge in [-0.1, -0.05) is 0 Å². The molecule has 2 saturated carbocycles. The van der Waals surface area contributed by atoms with Crippen LogP contribution in [0, 0.1) is 0 Å². The number of halogens is 3. The number of alkyl halides is 3. The van der Waals surface area contributed by atoms with Gasteiger partial charge in [-0.05, 0) is 87.7 Å². The molecule has 6 heteroatoms. The first-order valence-electron chi connectivity index (χ1n) is 9.69. The lowest BCUT2D eigenvalue weighted by Gasteiger charge is -2.30. The molecule has 0 aromatic heterocycles. The van der Waals surface area contributed by atoms with Crippen LogP contribution in [0.15, 0.2) is 18.2 Å². The van der Waals surface area contributed by atoms with Crippen molar-refractivity contribution in [2.24, 2.45) is 0 Å². The van der Waals surface area contributed by atoms with Crippen LogP contribution in [0.4, 0.5) is 13.2 Å². The molecule has 142 valence electrons. The summed E-state index contributed by atoms with van der Waals surface area (Å²) < 4.78 is 39.1. The molecular formula is C20H25F3N2O. The Balaban J connectivity index is 1.52. The minimum atomic E-state index is -4.37. The Bertz CT molecular complexity index is 678. The fraction of sp³-hybridized carbons (Fsp3) is 0.650. The number of nitrogens with one attached hydrogen (secondary N) is 1. The van der Waals surface area contributed by atoms with Gasteiger partial charge in [-0.25, -0.2) is 0 Å². The lowest BCUT2D eigenvalue weighted by atomic mass is 9.98. The molecule has 0 radical (unpaired) electrons. The average Bonchev–Trinajstić information content (AvgIpc) is 3.11. The van der Waals surface area contributed by atoms with E-state index in [4.69, 9.17) is 0 Å². The summed E-state index contributed by atoms with van der Waals surface area (Å²) in [4.78, 5) is 15.3. The van der Waals surface area contributed by atoms with Gasteiger partial charge in [0.15, 0.2) is 0 Å². The van der Waals surface area contributed by atoms with Gasteiger partial charge in [0.05, 0.1) is 5.56 Å². The molecule has 3 fully saturated rings. The lowest BCUT2D eigenvalue weighted by Crippen LogP contribution is -2.47. The van der Waals surface area contributed by atoms with E-state index < -0.39 is 11.7 Å². The summed E-state index contributed by atoms with van der Waals surface area (Å²) in [6, 6.07) is 4.06. The van der Waals surface area contributed by atoms with E-state index in [1.54, 1.807) is 0 Å². The second kappa shape index (κ2) is 6.87. The number of hydrogen-bond acceptors (Lipinski definition) is 2. The van der Waals surface area contributed by atoms with E-state index in [-0.39, 0.29) is 17.9 Å². The quantitative estimate of drug-likeness (QED) is 0.860. The van der Waals surface area contributed by atoms with Crippen molar-refractivity contribution in [1.82, 2.24) is 10.2 Å². The third kappa shape index (κ3) is 3.61. The Morgan fingerprint density at radius 1 is 1.04 bits per heavy atom. The van der Waals surface area contributed by atoms with E-state index in [9.17, 15) is 18.0 Å². The van der Waals surface area contributed by atoms with Gasteiger partial charge in [-0.15, -0.1) is 0 Å². The zero-order valence-electron chi connectivity index (χ0n) is 14.8. The van der Waals surface area contributed by atoms with Crippen LogP contribution in [0.2, 0.25) is 0 Å². The maximum absolute atomic E-state index is 13.0. The first-order chi connectivity index (χ1) is 12.4. The summed E-state index contributed by atoms with van der Waals surface area (Å²) in [5.41, 5.74) is 0.326. The van der Waals surface area contributed by atoms with E-state index in [1.807, 2.05) is 0 Å². The van der Waals surface area contributed by atoms with Crippen molar-refractivity contribution in [3.8, 4) is 0 Å². The van der Waals surface area contributed by atoms with E-state index >= 15 is 0 Å². The largest absolute Gasteiger partial charge is 0.416 e. The Morgan fingerprint density at radius 3 is 2.42 bits per heavy atom. The molecule has 2 aliphatic carbocycles. The van der Waals surface area contributed by atoms with Crippen molar-refractivity contribution < 1.29 is 18.0 Å². The summed E-state index contributed by atoms with van der Waals surface area (Å²) >= 11 is 0. The molecule has 1 saturated heterocycles. The third-order valence-corrected chi connectivity index (χ3v) is 6.05. The van der Waals surface area contributed by atoms with Gasteiger partial charge in [0, 0.05) is 17.6 Å². The van der Waals surface area contributed by atoms with Crippen LogP contribution in [-0.4, -0.2) is 36.0 Å². The molecule has 3 aliphatic rings. The Morgan fingerprint density at radius 2 is 1.77 bits per heavy atom. The molecule has 3 nitrogen and oxygen atoms in total. The topological polar surface area (TPSA) is 32.3 Å². The minimum Gasteiger partial charge on any atom is -0.348 e. The molecule has 0 unspecified atom stereocenters. The van der Waals surface area contributed by atoms with Gasteiger partial charge in [-0.2, -0.15) is 13.2 Å². The van der Waals surface area contributed by atoms with Crippen LogP contribution in [0.1, 0.15) is 72.3 Å². The first kappa shape index (κ1) is 17.8. The smallest absolute Gasteiger partial charge is 0.348 e. The maximum atomic E-state index is 13.0. The number of rotatable bonds is 4. The number of benzene rings is 1. The van der Waals surface area contributed by atoms with Crippen LogP contribution in [0.3, 0.4) is 0 Å². The number of hydrogen-bond donors (Lipinski definition) is 1. The standard InChI is InChI=1S/C20H25F3N2O/c21-20(22,23)14-8-9-15(16(12-14)13-6-7-13)19(26)24-17-4-3-5-18(17)25-10-1-2-11-25/h8-9,12-13,17-18H,1-7,10-11H2,(H,24,26)/t17-,18+/m1/s1. The zero-order chi connectivity index (χ0) is 18.3. The number of nitrogens with zero attached hydrogens (tertiary/aromatic N) is 1. The van der Waals surface area contributed by atoms with E-state index in [1.165, 1.54) is 25.0 Å². The van der Waals surface area contributed by atoms with Gasteiger partial charge in [-0.3, -0.25) is 9.69 Å². The Labute approximate surface area is 151 Å². The van der Waals surface area contributed by atoms with Gasteiger partial charge in [0.1, 0.15) is 0 Å². The highest BCUT2D eigenvalue weighted by molar-refractivity contribution is 5.96. The molecule has 4 rings (SSSR count). The Kier molecular flexibility index (Phi) is 4.71. The van der Waals surface area contributed by atoms with E-state index in [2.05, 4.69) is 10.2 Å². The van der Waals surface area contributed by atoms with Gasteiger partial charge >= 0.3 is 6.18 Å². The molecule has 0 bridgehead atoms. The molecule has 2 atom stereocenters. The second-order valence-electron chi connectivity index (χ2n) is 7.90. The molecule has 1 N–H and O–H groups in total. The van der Waals surface area contributed by atoms with Crippen molar-refractivity contribution >= 4 is 5.91 Å². The summed E-state index contributed by atoms with van der Waals surface area (Å²) in [5.74, 6) is -0.118. The number of amides is 1. The highest BCUT2D eigenvalue weighted by Gasteiger charge is 2.37. The minimum absolute atomic E-state index is 0.0935. The molecule has 1 amide bonds. The first-order valence-corrected chi connectivity index (χ1v) is 9.69. The molecular weight excluding hydrogens is 341 g/mol. The molecule has 1 aromatic rings. The van der Waals surface area contributed by atoms with Crippen molar-refractivity contribution in [3.05, 3.63) is 34.9 Å². The fourth-order valence-corrected chi connectivity index (χ4v) is 4.54. The van der Waals surface area contributed by atoms with Gasteiger partial charge in [0.2, 0.25) is 0 Å². The summed E-state index contributed by atoms with van der Waals surface area (Å²) in [6.45, 7) is 2.18. The van der Waals surface area contributed by atoms with Gasteiger partial charge in [0.25, 0.3) is 5.91 Å². The second-order valence-corrected chi connectivity index (χ2v) is 7.90. The van der Waals surface area contributed by atoms with Gasteiger partial charge < -0.3 is 5.32 Å². The third-order valence-electron chi connectivity index (χ3n) is 6.05. The van der Waals surface area contributed by atoms with Crippen LogP contribution < -0.4 is 5.32 Å². The van der Waals surface area contributed by atoms with Crippen molar-refractivity contribution in [1.29, 1.82) is 0 Å². The van der Waals surface area contributed by atoms with Crippen LogP contribution in [-0.2, 0) is 6.18 Å². The number of carbonyl (C=O) groups excluding carboxylic acids is 1. The van der Waals surface area contributed by atoms with Crippen LogP contribution >= 0.6 is 0 Å². The summed E-state index contributed by atoms with van der Waals surface area (Å²) in [5, 5.41) is 3.14. The number of likely N-dealkylation sites (tertiary alicyclic amines) is 1. The van der Waals surface area contributed by atoms with Crippen molar-refractivity contribution in [2.75, 3.05) is 13.1 Å². The molecule has 0 spiro atoms. The van der Waals surface area contributed by atoms with Crippen molar-refractivity contribution in [2.45, 2.75) is 69.1 Å². The molecule has 1 aromatic carbocycles. The summed E-state index contributed by atoms with van der Waals surface area (Å²) in [7, 11) is 0. The number of carbonyl (C=O) groups is 1. The lowest BCUT2D eigenvalue weighted by molar-refractivity contribution is -0.137. The predicted molar refractivity (Wildman–Crippen MR) is 93.1 cm³/mol. The molecule has 1 heterocycles. The molecule has 26 heavy (non-hydrogen) atoms. The highest BCUT2D eigenvalue weighted by atomic mass is 19.4. The van der Waals surface area contributed by atoms with E-state index in [0.717, 1.165) is 51.3 Å². The van der Waals surface area contributed by atoms with Crippen molar-refractivity contribution in [3.63, 3.8) is 0 Å². The van der Waals surface area contributed by atoms with Crippen LogP contribution in [0.5, 0.6) is 0 Å². The Hall–Kier alpha value is -1.56. The maximum Gasteiger partial charge on any atom is 0.416 e. The SMILES string of the molecule is O=C(N[C@@H]1CCC[C@@H]1N1CCCC1)c1ccc(C(F)(F)F)cc1C1CC1. The highest BCUT2D eigenvalue weighted by Crippen LogP contribution is 2.43. The van der Waals surface area contributed by atoms with Crippen LogP contribution in [0.25, 0.3) is 0 Å².